The molecule has 0 radical (unpaired) electrons. The van der Waals surface area contributed by atoms with E-state index in [0.717, 1.165) is 37.0 Å². The summed E-state index contributed by atoms with van der Waals surface area (Å²) in [6.07, 6.45) is 5.42. The van der Waals surface area contributed by atoms with Crippen molar-refractivity contribution in [3.8, 4) is 0 Å². The molecule has 2 bridgehead atoms. The lowest BCUT2D eigenvalue weighted by molar-refractivity contribution is 0.0287. The van der Waals surface area contributed by atoms with Gasteiger partial charge in [0.15, 0.2) is 0 Å². The first-order chi connectivity index (χ1) is 9.69. The number of rotatable bonds is 3. The number of thioether (sulfide) groups is 1. The van der Waals surface area contributed by atoms with E-state index in [2.05, 4.69) is 6.26 Å². The second-order valence-corrected chi connectivity index (χ2v) is 6.72. The van der Waals surface area contributed by atoms with E-state index in [1.54, 1.807) is 11.8 Å². The normalized spacial score (nSPS) is 28.7. The molecule has 0 spiro atoms. The quantitative estimate of drug-likeness (QED) is 0.931. The second-order valence-electron chi connectivity index (χ2n) is 5.85. The van der Waals surface area contributed by atoms with Crippen molar-refractivity contribution in [1.29, 1.82) is 0 Å². The summed E-state index contributed by atoms with van der Waals surface area (Å²) in [5.74, 6) is 1.12. The Balaban J connectivity index is 1.76. The third-order valence-electron chi connectivity index (χ3n) is 4.45. The molecule has 1 aromatic carbocycles. The van der Waals surface area contributed by atoms with Gasteiger partial charge in [0.2, 0.25) is 0 Å². The fourth-order valence-electron chi connectivity index (χ4n) is 3.54. The predicted molar refractivity (Wildman–Crippen MR) is 81.9 cm³/mol. The van der Waals surface area contributed by atoms with Gasteiger partial charge in [0.1, 0.15) is 0 Å². The van der Waals surface area contributed by atoms with Gasteiger partial charge < -0.3 is 10.0 Å². The molecular weight excluding hydrogens is 270 g/mol. The number of aliphatic hydroxyl groups excluding tert-OH is 1. The summed E-state index contributed by atoms with van der Waals surface area (Å²) in [4.78, 5) is 14.7. The average molecular weight is 291 g/mol. The van der Waals surface area contributed by atoms with E-state index in [0.29, 0.717) is 0 Å². The molecule has 1 aromatic rings. The zero-order valence-electron chi connectivity index (χ0n) is 11.8. The Morgan fingerprint density at radius 2 is 1.85 bits per heavy atom. The molecule has 3 rings (SSSR count). The molecule has 108 valence electrons. The molecule has 3 nitrogen and oxygen atoms in total. The van der Waals surface area contributed by atoms with Crippen LogP contribution >= 0.6 is 11.8 Å². The van der Waals surface area contributed by atoms with E-state index in [-0.39, 0.29) is 24.1 Å². The minimum Gasteiger partial charge on any atom is -0.393 e. The lowest BCUT2D eigenvalue weighted by atomic mass is 9.98. The van der Waals surface area contributed by atoms with Crippen molar-refractivity contribution in [2.75, 3.05) is 6.26 Å². The fraction of sp³-hybridized carbons (Fsp3) is 0.562. The van der Waals surface area contributed by atoms with Crippen molar-refractivity contribution in [1.82, 2.24) is 4.90 Å². The summed E-state index contributed by atoms with van der Waals surface area (Å²) < 4.78 is 0. The SMILES string of the molecule is CSCc1ccc(C(=O)N2C3CCC2CC(O)C3)cc1. The standard InChI is InChI=1S/C16H21NO2S/c1-20-10-11-2-4-12(5-3-11)16(19)17-13-6-7-14(17)9-15(18)8-13/h2-5,13-15,18H,6-10H2,1H3. The third kappa shape index (κ3) is 2.59. The van der Waals surface area contributed by atoms with E-state index >= 15 is 0 Å². The highest BCUT2D eigenvalue weighted by Crippen LogP contribution is 2.36. The number of fused-ring (bicyclic) bond motifs is 2. The minimum atomic E-state index is -0.222. The van der Waals surface area contributed by atoms with Crippen molar-refractivity contribution in [3.63, 3.8) is 0 Å². The fourth-order valence-corrected chi connectivity index (χ4v) is 4.06. The molecule has 2 saturated heterocycles. The summed E-state index contributed by atoms with van der Waals surface area (Å²) in [6.45, 7) is 0. The number of hydrogen-bond acceptors (Lipinski definition) is 3. The molecule has 0 aliphatic carbocycles. The molecule has 0 aromatic heterocycles. The third-order valence-corrected chi connectivity index (χ3v) is 5.08. The van der Waals surface area contributed by atoms with E-state index < -0.39 is 0 Å². The van der Waals surface area contributed by atoms with E-state index in [4.69, 9.17) is 0 Å². The smallest absolute Gasteiger partial charge is 0.254 e. The minimum absolute atomic E-state index is 0.139. The van der Waals surface area contributed by atoms with Crippen LogP contribution in [0.25, 0.3) is 0 Å². The monoisotopic (exact) mass is 291 g/mol. The van der Waals surface area contributed by atoms with Crippen molar-refractivity contribution in [2.24, 2.45) is 0 Å². The highest BCUT2D eigenvalue weighted by atomic mass is 32.2. The van der Waals surface area contributed by atoms with E-state index in [9.17, 15) is 9.90 Å². The molecule has 2 aliphatic heterocycles. The Labute approximate surface area is 124 Å². The first-order valence-corrected chi connectivity index (χ1v) is 8.67. The zero-order valence-corrected chi connectivity index (χ0v) is 12.6. The summed E-state index contributed by atoms with van der Waals surface area (Å²) in [7, 11) is 0. The molecule has 2 unspecified atom stereocenters. The number of benzene rings is 1. The van der Waals surface area contributed by atoms with Gasteiger partial charge in [-0.15, -0.1) is 0 Å². The molecule has 4 heteroatoms. The molecule has 2 fully saturated rings. The number of carbonyl (C=O) groups excluding carboxylic acids is 1. The van der Waals surface area contributed by atoms with Crippen molar-refractivity contribution >= 4 is 17.7 Å². The summed E-state index contributed by atoms with van der Waals surface area (Å²) in [5.41, 5.74) is 2.04. The summed E-state index contributed by atoms with van der Waals surface area (Å²) in [5, 5.41) is 9.82. The number of carbonyl (C=O) groups is 1. The number of amides is 1. The molecule has 2 heterocycles. The Morgan fingerprint density at radius 1 is 1.25 bits per heavy atom. The van der Waals surface area contributed by atoms with Crippen LogP contribution in [0.3, 0.4) is 0 Å². The summed E-state index contributed by atoms with van der Waals surface area (Å²) in [6, 6.07) is 8.45. The van der Waals surface area contributed by atoms with Crippen LogP contribution in [0.5, 0.6) is 0 Å². The van der Waals surface area contributed by atoms with Crippen LogP contribution in [-0.4, -0.2) is 40.4 Å². The topological polar surface area (TPSA) is 40.5 Å². The van der Waals surface area contributed by atoms with Crippen molar-refractivity contribution < 1.29 is 9.90 Å². The number of hydrogen-bond donors (Lipinski definition) is 1. The van der Waals surface area contributed by atoms with Gasteiger partial charge in [-0.05, 0) is 49.6 Å². The van der Waals surface area contributed by atoms with Gasteiger partial charge in [0, 0.05) is 23.4 Å². The van der Waals surface area contributed by atoms with Crippen LogP contribution in [0, 0.1) is 0 Å². The Kier molecular flexibility index (Phi) is 4.03. The summed E-state index contributed by atoms with van der Waals surface area (Å²) >= 11 is 1.78. The van der Waals surface area contributed by atoms with Gasteiger partial charge in [-0.25, -0.2) is 0 Å². The highest BCUT2D eigenvalue weighted by molar-refractivity contribution is 7.97. The van der Waals surface area contributed by atoms with Crippen molar-refractivity contribution in [2.45, 2.75) is 49.6 Å². The number of nitrogens with zero attached hydrogens (tertiary/aromatic N) is 1. The highest BCUT2D eigenvalue weighted by Gasteiger charge is 2.42. The lowest BCUT2D eigenvalue weighted by Gasteiger charge is -2.37. The van der Waals surface area contributed by atoms with Crippen LogP contribution in [0.15, 0.2) is 24.3 Å². The Hall–Kier alpha value is -1.00. The Bertz CT molecular complexity index is 474. The van der Waals surface area contributed by atoms with Gasteiger partial charge in [0.05, 0.1) is 6.10 Å². The van der Waals surface area contributed by atoms with Gasteiger partial charge in [-0.2, -0.15) is 11.8 Å². The average Bonchev–Trinajstić information content (AvgIpc) is 2.71. The molecule has 20 heavy (non-hydrogen) atoms. The van der Waals surface area contributed by atoms with Crippen LogP contribution in [0.2, 0.25) is 0 Å². The zero-order chi connectivity index (χ0) is 14.1. The maximum Gasteiger partial charge on any atom is 0.254 e. The number of aliphatic hydroxyl groups is 1. The van der Waals surface area contributed by atoms with Crippen LogP contribution < -0.4 is 0 Å². The first kappa shape index (κ1) is 14.0. The first-order valence-electron chi connectivity index (χ1n) is 7.27. The van der Waals surface area contributed by atoms with Gasteiger partial charge >= 0.3 is 0 Å². The maximum absolute atomic E-state index is 12.7. The van der Waals surface area contributed by atoms with Crippen LogP contribution in [0.1, 0.15) is 41.6 Å². The predicted octanol–water partition coefficient (Wildman–Crippen LogP) is 2.68. The van der Waals surface area contributed by atoms with Crippen LogP contribution in [0.4, 0.5) is 0 Å². The molecule has 2 atom stereocenters. The molecule has 0 saturated carbocycles. The van der Waals surface area contributed by atoms with E-state index in [1.165, 1.54) is 5.56 Å². The number of piperidine rings is 1. The second kappa shape index (κ2) is 5.78. The molecule has 2 aliphatic rings. The molecule has 1 N–H and O–H groups in total. The molecule has 1 amide bonds. The van der Waals surface area contributed by atoms with Gasteiger partial charge in [-0.3, -0.25) is 4.79 Å². The van der Waals surface area contributed by atoms with Crippen LogP contribution in [-0.2, 0) is 5.75 Å². The van der Waals surface area contributed by atoms with Gasteiger partial charge in [0.25, 0.3) is 5.91 Å². The van der Waals surface area contributed by atoms with E-state index in [1.807, 2.05) is 29.2 Å². The lowest BCUT2D eigenvalue weighted by Crippen LogP contribution is -2.47. The van der Waals surface area contributed by atoms with Gasteiger partial charge in [-0.1, -0.05) is 12.1 Å². The Morgan fingerprint density at radius 3 is 2.40 bits per heavy atom. The maximum atomic E-state index is 12.7. The molecular formula is C16H21NO2S. The van der Waals surface area contributed by atoms with Crippen molar-refractivity contribution in [3.05, 3.63) is 35.4 Å². The largest absolute Gasteiger partial charge is 0.393 e.